The predicted molar refractivity (Wildman–Crippen MR) is 149 cm³/mol. The van der Waals surface area contributed by atoms with E-state index in [4.69, 9.17) is 9.73 Å². The molecule has 5 heteroatoms. The van der Waals surface area contributed by atoms with Crippen molar-refractivity contribution in [2.45, 2.75) is 77.5 Å². The van der Waals surface area contributed by atoms with Gasteiger partial charge in [0.25, 0.3) is 0 Å². The summed E-state index contributed by atoms with van der Waals surface area (Å²) in [6.45, 7) is 18.5. The summed E-state index contributed by atoms with van der Waals surface area (Å²) in [6.07, 6.45) is 0. The summed E-state index contributed by atoms with van der Waals surface area (Å²) >= 11 is 0. The standard InChI is InChI=1S/C31H36N4O/c1-28(2)29(3,4)35-27(32-28)34(30(5,6)31(35,7)8)22-19-17-21(18-20-22)33-23-13-9-11-15-25(23)36-26-16-12-10-14-24(26)33/h9-20H,1-8H3. The van der Waals surface area contributed by atoms with Crippen molar-refractivity contribution >= 4 is 28.7 Å². The highest BCUT2D eigenvalue weighted by Gasteiger charge is 2.65. The molecule has 186 valence electrons. The molecular weight excluding hydrogens is 444 g/mol. The molecule has 3 aromatic carbocycles. The van der Waals surface area contributed by atoms with E-state index in [1.54, 1.807) is 0 Å². The Bertz CT molecular complexity index is 1340. The minimum atomic E-state index is -0.185. The maximum absolute atomic E-state index is 6.20. The maximum Gasteiger partial charge on any atom is 0.203 e. The van der Waals surface area contributed by atoms with Crippen LogP contribution in [-0.4, -0.2) is 33.0 Å². The average Bonchev–Trinajstić information content (AvgIpc) is 3.10. The first kappa shape index (κ1) is 23.0. The number of aliphatic imine (C=N–C) groups is 1. The molecule has 0 radical (unpaired) electrons. The molecule has 1 fully saturated rings. The lowest BCUT2D eigenvalue weighted by Crippen LogP contribution is -2.62. The van der Waals surface area contributed by atoms with E-state index in [2.05, 4.69) is 119 Å². The van der Waals surface area contributed by atoms with E-state index in [1.165, 1.54) is 0 Å². The van der Waals surface area contributed by atoms with Crippen LogP contribution in [0.3, 0.4) is 0 Å². The molecule has 36 heavy (non-hydrogen) atoms. The third-order valence-corrected chi connectivity index (χ3v) is 9.25. The topological polar surface area (TPSA) is 31.3 Å². The van der Waals surface area contributed by atoms with Gasteiger partial charge in [-0.05, 0) is 104 Å². The molecule has 1 saturated heterocycles. The Labute approximate surface area is 215 Å². The van der Waals surface area contributed by atoms with E-state index in [0.29, 0.717) is 0 Å². The number of hydrogen-bond donors (Lipinski definition) is 0. The maximum atomic E-state index is 6.20. The second-order valence-electron chi connectivity index (χ2n) is 12.2. The van der Waals surface area contributed by atoms with Gasteiger partial charge in [0, 0.05) is 11.4 Å². The molecule has 3 aromatic rings. The number of ether oxygens (including phenoxy) is 1. The van der Waals surface area contributed by atoms with Gasteiger partial charge in [0.15, 0.2) is 11.5 Å². The van der Waals surface area contributed by atoms with Crippen molar-refractivity contribution in [3.05, 3.63) is 72.8 Å². The average molecular weight is 481 g/mol. The summed E-state index contributed by atoms with van der Waals surface area (Å²) in [5.41, 5.74) is 3.80. The van der Waals surface area contributed by atoms with Gasteiger partial charge in [-0.2, -0.15) is 0 Å². The quantitative estimate of drug-likeness (QED) is 0.292. The van der Waals surface area contributed by atoms with Crippen molar-refractivity contribution in [2.24, 2.45) is 4.99 Å². The summed E-state index contributed by atoms with van der Waals surface area (Å²) in [7, 11) is 0. The summed E-state index contributed by atoms with van der Waals surface area (Å²) in [6, 6.07) is 25.3. The molecule has 5 nitrogen and oxygen atoms in total. The summed E-state index contributed by atoms with van der Waals surface area (Å²) in [5.74, 6) is 2.79. The lowest BCUT2D eigenvalue weighted by Gasteiger charge is -2.50. The van der Waals surface area contributed by atoms with Gasteiger partial charge in [0.1, 0.15) is 0 Å². The fourth-order valence-corrected chi connectivity index (χ4v) is 6.03. The van der Waals surface area contributed by atoms with Crippen LogP contribution in [0.15, 0.2) is 77.8 Å². The molecule has 0 aliphatic carbocycles. The van der Waals surface area contributed by atoms with Gasteiger partial charge in [0.05, 0.1) is 33.5 Å². The molecule has 0 spiro atoms. The number of benzene rings is 3. The van der Waals surface area contributed by atoms with Gasteiger partial charge in [-0.3, -0.25) is 0 Å². The second-order valence-corrected chi connectivity index (χ2v) is 12.2. The highest BCUT2D eigenvalue weighted by molar-refractivity contribution is 6.03. The Morgan fingerprint density at radius 3 is 1.64 bits per heavy atom. The first-order chi connectivity index (χ1) is 16.9. The molecule has 0 aromatic heterocycles. The van der Waals surface area contributed by atoms with Crippen LogP contribution in [0.5, 0.6) is 11.5 Å². The van der Waals surface area contributed by atoms with Crippen molar-refractivity contribution in [1.29, 1.82) is 0 Å². The molecule has 6 rings (SSSR count). The van der Waals surface area contributed by atoms with E-state index in [9.17, 15) is 0 Å². The SMILES string of the molecule is CC1(C)N=C2N(c3ccc(N4c5ccccc5Oc5ccccc54)cc3)C(C)(C)C(C)(C)N2C1(C)C. The smallest absolute Gasteiger partial charge is 0.203 e. The van der Waals surface area contributed by atoms with Gasteiger partial charge in [0.2, 0.25) is 5.96 Å². The van der Waals surface area contributed by atoms with Crippen LogP contribution in [-0.2, 0) is 0 Å². The van der Waals surface area contributed by atoms with Crippen LogP contribution in [0.2, 0.25) is 0 Å². The van der Waals surface area contributed by atoms with E-state index in [-0.39, 0.29) is 22.2 Å². The van der Waals surface area contributed by atoms with Crippen LogP contribution in [0, 0.1) is 0 Å². The molecule has 3 aliphatic heterocycles. The van der Waals surface area contributed by atoms with Crippen molar-refractivity contribution in [1.82, 2.24) is 4.90 Å². The van der Waals surface area contributed by atoms with Crippen molar-refractivity contribution < 1.29 is 4.74 Å². The third-order valence-electron chi connectivity index (χ3n) is 9.25. The molecule has 0 amide bonds. The van der Waals surface area contributed by atoms with Gasteiger partial charge < -0.3 is 19.4 Å². The number of fused-ring (bicyclic) bond motifs is 3. The minimum Gasteiger partial charge on any atom is -0.453 e. The van der Waals surface area contributed by atoms with Crippen LogP contribution in [0.1, 0.15) is 55.4 Å². The Morgan fingerprint density at radius 1 is 0.583 bits per heavy atom. The van der Waals surface area contributed by atoms with Gasteiger partial charge in [-0.15, -0.1) is 0 Å². The molecule has 0 N–H and O–H groups in total. The molecule has 3 heterocycles. The molecular formula is C31H36N4O. The normalized spacial score (nSPS) is 21.9. The van der Waals surface area contributed by atoms with Crippen LogP contribution in [0.25, 0.3) is 0 Å². The monoisotopic (exact) mass is 480 g/mol. The van der Waals surface area contributed by atoms with Crippen molar-refractivity contribution in [2.75, 3.05) is 9.80 Å². The summed E-state index contributed by atoms with van der Waals surface area (Å²) in [5, 5.41) is 0. The van der Waals surface area contributed by atoms with E-state index in [0.717, 1.165) is 40.2 Å². The molecule has 3 aliphatic rings. The highest BCUT2D eigenvalue weighted by atomic mass is 16.5. The van der Waals surface area contributed by atoms with E-state index in [1.807, 2.05) is 24.3 Å². The minimum absolute atomic E-state index is 0.0982. The second kappa shape index (κ2) is 7.06. The van der Waals surface area contributed by atoms with Crippen molar-refractivity contribution in [3.8, 4) is 11.5 Å². The fourth-order valence-electron chi connectivity index (χ4n) is 6.03. The number of hydrogen-bond acceptors (Lipinski definition) is 5. The Balaban J connectivity index is 1.45. The molecule has 0 unspecified atom stereocenters. The summed E-state index contributed by atoms with van der Waals surface area (Å²) in [4.78, 5) is 12.6. The molecule has 0 atom stereocenters. The number of rotatable bonds is 2. The zero-order chi connectivity index (χ0) is 25.7. The number of para-hydroxylation sites is 4. The first-order valence-electron chi connectivity index (χ1n) is 12.8. The zero-order valence-corrected chi connectivity index (χ0v) is 22.6. The zero-order valence-electron chi connectivity index (χ0n) is 22.6. The lowest BCUT2D eigenvalue weighted by molar-refractivity contribution is 0.0529. The largest absolute Gasteiger partial charge is 0.453 e. The molecule has 0 saturated carbocycles. The summed E-state index contributed by atoms with van der Waals surface area (Å²) < 4.78 is 6.20. The van der Waals surface area contributed by atoms with Crippen LogP contribution < -0.4 is 14.5 Å². The molecule has 0 bridgehead atoms. The van der Waals surface area contributed by atoms with Crippen molar-refractivity contribution in [3.63, 3.8) is 0 Å². The highest BCUT2D eigenvalue weighted by Crippen LogP contribution is 2.54. The van der Waals surface area contributed by atoms with Crippen LogP contribution in [0.4, 0.5) is 22.7 Å². The Morgan fingerprint density at radius 2 is 1.08 bits per heavy atom. The Kier molecular flexibility index (Phi) is 4.50. The van der Waals surface area contributed by atoms with E-state index >= 15 is 0 Å². The Hall–Kier alpha value is -3.47. The third kappa shape index (κ3) is 2.80. The number of anilines is 4. The van der Waals surface area contributed by atoms with E-state index < -0.39 is 0 Å². The predicted octanol–water partition coefficient (Wildman–Crippen LogP) is 7.87. The number of guanidine groups is 1. The van der Waals surface area contributed by atoms with Gasteiger partial charge >= 0.3 is 0 Å². The first-order valence-corrected chi connectivity index (χ1v) is 12.8. The lowest BCUT2D eigenvalue weighted by atomic mass is 9.76. The number of nitrogens with zero attached hydrogens (tertiary/aromatic N) is 4. The fraction of sp³-hybridized carbons (Fsp3) is 0.387. The van der Waals surface area contributed by atoms with Crippen LogP contribution >= 0.6 is 0 Å². The van der Waals surface area contributed by atoms with Gasteiger partial charge in [-0.1, -0.05) is 24.3 Å². The van der Waals surface area contributed by atoms with Gasteiger partial charge in [-0.25, -0.2) is 4.99 Å².